The minimum absolute atomic E-state index is 0.201. The molecular formula is C13H15F2NO2. The molecule has 1 aliphatic heterocycles. The molecule has 1 aliphatic rings. The highest BCUT2D eigenvalue weighted by atomic mass is 19.3. The zero-order valence-electron chi connectivity index (χ0n) is 10.1. The summed E-state index contributed by atoms with van der Waals surface area (Å²) in [4.78, 5) is 10.8. The number of rotatable bonds is 4. The number of cyclic esters (lactones) is 1. The lowest BCUT2D eigenvalue weighted by atomic mass is 10.1. The Morgan fingerprint density at radius 1 is 1.39 bits per heavy atom. The second-order valence-electron chi connectivity index (χ2n) is 4.37. The van der Waals surface area contributed by atoms with Gasteiger partial charge in [0.15, 0.2) is 0 Å². The first-order chi connectivity index (χ1) is 8.51. The van der Waals surface area contributed by atoms with E-state index in [9.17, 15) is 13.6 Å². The largest absolute Gasteiger partial charge is 0.456 e. The quantitative estimate of drug-likeness (QED) is 0.840. The molecule has 5 heteroatoms. The number of benzene rings is 1. The number of anilines is 1. The standard InChI is InChI=1S/C13H15F2NO2/c1-2-9-3-5-10(6-4-9)16-8-11-7-13(14,15)12(17)18-11/h3-6,11,16H,2,7-8H2,1H3. The summed E-state index contributed by atoms with van der Waals surface area (Å²) in [5.41, 5.74) is 2.04. The molecule has 1 saturated heterocycles. The molecule has 1 aromatic carbocycles. The molecule has 1 N–H and O–H groups in total. The normalized spacial score (nSPS) is 21.7. The maximum atomic E-state index is 12.9. The van der Waals surface area contributed by atoms with E-state index in [-0.39, 0.29) is 6.54 Å². The number of esters is 1. The van der Waals surface area contributed by atoms with Crippen molar-refractivity contribution in [2.45, 2.75) is 31.8 Å². The topological polar surface area (TPSA) is 38.3 Å². The van der Waals surface area contributed by atoms with Gasteiger partial charge in [-0.2, -0.15) is 8.78 Å². The molecular weight excluding hydrogens is 240 g/mol. The number of ether oxygens (including phenoxy) is 1. The summed E-state index contributed by atoms with van der Waals surface area (Å²) in [5, 5.41) is 2.99. The van der Waals surface area contributed by atoms with Gasteiger partial charge in [0.25, 0.3) is 0 Å². The zero-order chi connectivity index (χ0) is 13.2. The number of aryl methyl sites for hydroxylation is 1. The second-order valence-corrected chi connectivity index (χ2v) is 4.37. The Morgan fingerprint density at radius 2 is 2.06 bits per heavy atom. The molecule has 18 heavy (non-hydrogen) atoms. The summed E-state index contributed by atoms with van der Waals surface area (Å²) < 4.78 is 30.4. The van der Waals surface area contributed by atoms with Crippen molar-refractivity contribution in [2.75, 3.05) is 11.9 Å². The van der Waals surface area contributed by atoms with E-state index < -0.39 is 24.4 Å². The van der Waals surface area contributed by atoms with Gasteiger partial charge in [0.2, 0.25) is 0 Å². The van der Waals surface area contributed by atoms with Crippen LogP contribution in [0, 0.1) is 0 Å². The first-order valence-electron chi connectivity index (χ1n) is 5.93. The maximum absolute atomic E-state index is 12.9. The van der Waals surface area contributed by atoms with Gasteiger partial charge in [0.05, 0.1) is 13.0 Å². The van der Waals surface area contributed by atoms with Crippen molar-refractivity contribution in [1.29, 1.82) is 0 Å². The lowest BCUT2D eigenvalue weighted by Gasteiger charge is -2.11. The summed E-state index contributed by atoms with van der Waals surface area (Å²) >= 11 is 0. The molecule has 1 fully saturated rings. The molecule has 0 aromatic heterocycles. The Labute approximate surface area is 104 Å². The Kier molecular flexibility index (Phi) is 3.50. The molecule has 1 atom stereocenters. The molecule has 1 heterocycles. The fourth-order valence-electron chi connectivity index (χ4n) is 1.85. The predicted molar refractivity (Wildman–Crippen MR) is 63.8 cm³/mol. The molecule has 0 spiro atoms. The van der Waals surface area contributed by atoms with E-state index in [1.807, 2.05) is 24.3 Å². The van der Waals surface area contributed by atoms with Crippen LogP contribution in [0.5, 0.6) is 0 Å². The minimum Gasteiger partial charge on any atom is -0.456 e. The molecule has 1 aromatic rings. The van der Waals surface area contributed by atoms with Crippen molar-refractivity contribution < 1.29 is 18.3 Å². The highest BCUT2D eigenvalue weighted by molar-refractivity contribution is 5.79. The number of halogens is 2. The number of alkyl halides is 2. The molecule has 0 bridgehead atoms. The van der Waals surface area contributed by atoms with Crippen molar-refractivity contribution in [3.05, 3.63) is 29.8 Å². The lowest BCUT2D eigenvalue weighted by Crippen LogP contribution is -2.22. The van der Waals surface area contributed by atoms with E-state index in [4.69, 9.17) is 0 Å². The van der Waals surface area contributed by atoms with Crippen LogP contribution in [-0.4, -0.2) is 24.5 Å². The van der Waals surface area contributed by atoms with Crippen molar-refractivity contribution in [1.82, 2.24) is 0 Å². The number of carbonyl (C=O) groups excluding carboxylic acids is 1. The average Bonchev–Trinajstić information content (AvgIpc) is 2.61. The summed E-state index contributed by atoms with van der Waals surface area (Å²) in [7, 11) is 0. The zero-order valence-corrected chi connectivity index (χ0v) is 10.1. The van der Waals surface area contributed by atoms with Crippen molar-refractivity contribution in [3.8, 4) is 0 Å². The number of carbonyl (C=O) groups is 1. The third kappa shape index (κ3) is 2.78. The summed E-state index contributed by atoms with van der Waals surface area (Å²) in [6.07, 6.45) is -0.364. The van der Waals surface area contributed by atoms with Crippen LogP contribution >= 0.6 is 0 Å². The van der Waals surface area contributed by atoms with Crippen LogP contribution in [0.25, 0.3) is 0 Å². The molecule has 2 rings (SSSR count). The molecule has 0 saturated carbocycles. The molecule has 0 aliphatic carbocycles. The minimum atomic E-state index is -3.33. The monoisotopic (exact) mass is 255 g/mol. The average molecular weight is 255 g/mol. The lowest BCUT2D eigenvalue weighted by molar-refractivity contribution is -0.158. The Bertz CT molecular complexity index is 431. The van der Waals surface area contributed by atoms with Crippen molar-refractivity contribution >= 4 is 11.7 Å². The van der Waals surface area contributed by atoms with Gasteiger partial charge in [-0.3, -0.25) is 0 Å². The Hall–Kier alpha value is -1.65. The van der Waals surface area contributed by atoms with E-state index in [1.54, 1.807) is 0 Å². The fourth-order valence-corrected chi connectivity index (χ4v) is 1.85. The molecule has 0 amide bonds. The SMILES string of the molecule is CCc1ccc(NCC2CC(F)(F)C(=O)O2)cc1. The van der Waals surface area contributed by atoms with Gasteiger partial charge in [-0.05, 0) is 24.1 Å². The fraction of sp³-hybridized carbons (Fsp3) is 0.462. The molecule has 1 unspecified atom stereocenters. The van der Waals surface area contributed by atoms with Crippen LogP contribution in [0.15, 0.2) is 24.3 Å². The van der Waals surface area contributed by atoms with E-state index in [1.165, 1.54) is 5.56 Å². The second kappa shape index (κ2) is 4.92. The molecule has 3 nitrogen and oxygen atoms in total. The summed E-state index contributed by atoms with van der Waals surface area (Å²) in [5.74, 6) is -4.76. The molecule has 0 radical (unpaired) electrons. The third-order valence-electron chi connectivity index (χ3n) is 2.95. The van der Waals surface area contributed by atoms with Crippen molar-refractivity contribution in [2.24, 2.45) is 0 Å². The van der Waals surface area contributed by atoms with Crippen LogP contribution in [0.3, 0.4) is 0 Å². The van der Waals surface area contributed by atoms with Crippen LogP contribution in [0.1, 0.15) is 18.9 Å². The van der Waals surface area contributed by atoms with E-state index in [0.29, 0.717) is 0 Å². The Morgan fingerprint density at radius 3 is 2.56 bits per heavy atom. The third-order valence-corrected chi connectivity index (χ3v) is 2.95. The smallest absolute Gasteiger partial charge is 0.377 e. The molecule has 98 valence electrons. The highest BCUT2D eigenvalue weighted by Crippen LogP contribution is 2.30. The van der Waals surface area contributed by atoms with Gasteiger partial charge in [0, 0.05) is 5.69 Å². The number of hydrogen-bond donors (Lipinski definition) is 1. The summed E-state index contributed by atoms with van der Waals surface area (Å²) in [6, 6.07) is 7.71. The Balaban J connectivity index is 1.87. The number of hydrogen-bond acceptors (Lipinski definition) is 3. The van der Waals surface area contributed by atoms with Gasteiger partial charge in [0.1, 0.15) is 6.10 Å². The summed E-state index contributed by atoms with van der Waals surface area (Å²) in [6.45, 7) is 2.26. The van der Waals surface area contributed by atoms with Gasteiger partial charge in [-0.1, -0.05) is 19.1 Å². The van der Waals surface area contributed by atoms with Crippen LogP contribution < -0.4 is 5.32 Å². The predicted octanol–water partition coefficient (Wildman–Crippen LogP) is 2.61. The van der Waals surface area contributed by atoms with Crippen LogP contribution in [-0.2, 0) is 16.0 Å². The van der Waals surface area contributed by atoms with Gasteiger partial charge in [-0.25, -0.2) is 4.79 Å². The number of nitrogens with one attached hydrogen (secondary N) is 1. The highest BCUT2D eigenvalue weighted by Gasteiger charge is 2.50. The first kappa shape index (κ1) is 12.8. The van der Waals surface area contributed by atoms with E-state index in [2.05, 4.69) is 17.0 Å². The first-order valence-corrected chi connectivity index (χ1v) is 5.93. The van der Waals surface area contributed by atoms with Gasteiger partial charge >= 0.3 is 11.9 Å². The maximum Gasteiger partial charge on any atom is 0.377 e. The van der Waals surface area contributed by atoms with Crippen molar-refractivity contribution in [3.63, 3.8) is 0 Å². The van der Waals surface area contributed by atoms with E-state index >= 15 is 0 Å². The van der Waals surface area contributed by atoms with Gasteiger partial charge in [-0.15, -0.1) is 0 Å². The van der Waals surface area contributed by atoms with E-state index in [0.717, 1.165) is 12.1 Å². The van der Waals surface area contributed by atoms with Gasteiger partial charge < -0.3 is 10.1 Å². The van der Waals surface area contributed by atoms with Crippen LogP contribution in [0.4, 0.5) is 14.5 Å². The van der Waals surface area contributed by atoms with Crippen LogP contribution in [0.2, 0.25) is 0 Å².